The van der Waals surface area contributed by atoms with Crippen LogP contribution >= 0.6 is 0 Å². The molecule has 396 valence electrons. The Hall–Kier alpha value is -7.89. The van der Waals surface area contributed by atoms with Crippen molar-refractivity contribution in [3.05, 3.63) is 71.9 Å². The van der Waals surface area contributed by atoms with Gasteiger partial charge >= 0.3 is 0 Å². The number of carbonyl (C=O) groups excluding carboxylic acids is 9. The second kappa shape index (κ2) is 29.5. The molecule has 24 heteroatoms. The summed E-state index contributed by atoms with van der Waals surface area (Å²) < 4.78 is 0. The van der Waals surface area contributed by atoms with Crippen LogP contribution < -0.4 is 66.7 Å². The number of ketones is 2. The Morgan fingerprint density at radius 1 is 0.685 bits per heavy atom. The van der Waals surface area contributed by atoms with Gasteiger partial charge in [0, 0.05) is 67.8 Å². The van der Waals surface area contributed by atoms with Gasteiger partial charge in [0.2, 0.25) is 41.4 Å². The van der Waals surface area contributed by atoms with Crippen molar-refractivity contribution in [3.8, 4) is 0 Å². The lowest BCUT2D eigenvalue weighted by Crippen LogP contribution is -2.58. The molecule has 1 fully saturated rings. The fraction of sp³-hybridized carbons (Fsp3) is 0.490. The van der Waals surface area contributed by atoms with Crippen molar-refractivity contribution < 1.29 is 43.2 Å². The number of nitrogens with two attached hydrogens (primary N) is 7. The number of nitrogens with one attached hydrogen (secondary N) is 6. The summed E-state index contributed by atoms with van der Waals surface area (Å²) in [5.41, 5.74) is 41.5. The van der Waals surface area contributed by atoms with Gasteiger partial charge in [-0.3, -0.25) is 53.1 Å². The largest absolute Gasteiger partial charge is 0.370 e. The van der Waals surface area contributed by atoms with E-state index in [2.05, 4.69) is 41.6 Å². The van der Waals surface area contributed by atoms with Gasteiger partial charge in [-0.15, -0.1) is 0 Å². The van der Waals surface area contributed by atoms with E-state index in [0.29, 0.717) is 12.0 Å². The molecular weight excluding hydrogens is 943 g/mol. The fourth-order valence-electron chi connectivity index (χ4n) is 8.41. The van der Waals surface area contributed by atoms with Crippen LogP contribution in [0.2, 0.25) is 0 Å². The van der Waals surface area contributed by atoms with Crippen molar-refractivity contribution in [1.29, 1.82) is 0 Å². The number of Topliss-reactive ketones (excluding diaryl/α,β-unsaturated/α-hetero) is 2. The molecule has 1 aliphatic rings. The van der Waals surface area contributed by atoms with Crippen molar-refractivity contribution in [1.82, 2.24) is 31.6 Å². The smallest absolute Gasteiger partial charge is 0.243 e. The summed E-state index contributed by atoms with van der Waals surface area (Å²) in [6.45, 7) is 0.308. The molecule has 1 aromatic heterocycles. The quantitative estimate of drug-likeness (QED) is 0.0370. The second-order valence-electron chi connectivity index (χ2n) is 18.2. The molecule has 0 radical (unpaired) electrons. The molecule has 7 atom stereocenters. The molecule has 7 amide bonds. The van der Waals surface area contributed by atoms with Crippen molar-refractivity contribution >= 4 is 75.7 Å². The maximum Gasteiger partial charge on any atom is 0.243 e. The number of hydrogen-bond acceptors (Lipinski definition) is 12. The van der Waals surface area contributed by atoms with Crippen LogP contribution in [0.4, 0.5) is 0 Å². The molecule has 1 saturated heterocycles. The van der Waals surface area contributed by atoms with Crippen LogP contribution in [-0.2, 0) is 56.0 Å². The van der Waals surface area contributed by atoms with Crippen LogP contribution in [0.15, 0.2) is 70.8 Å². The number of fused-ring (bicyclic) bond motifs is 1. The molecule has 73 heavy (non-hydrogen) atoms. The molecule has 0 unspecified atom stereocenters. The summed E-state index contributed by atoms with van der Waals surface area (Å²) in [5.74, 6) is -9.15. The molecule has 0 spiro atoms. The average Bonchev–Trinajstić information content (AvgIpc) is 3.75. The number of aliphatic imine (C=N–C) groups is 2. The average molecular weight is 1010 g/mol. The number of aromatic nitrogens is 1. The van der Waals surface area contributed by atoms with Gasteiger partial charge < -0.3 is 71.7 Å². The Kier molecular flexibility index (Phi) is 23.3. The van der Waals surface area contributed by atoms with Gasteiger partial charge in [0.05, 0.1) is 18.5 Å². The lowest BCUT2D eigenvalue weighted by Gasteiger charge is -2.26. The Balaban J connectivity index is 1.76. The van der Waals surface area contributed by atoms with Gasteiger partial charge in [0.25, 0.3) is 0 Å². The molecule has 0 bridgehead atoms. The van der Waals surface area contributed by atoms with Gasteiger partial charge in [-0.25, -0.2) is 0 Å². The van der Waals surface area contributed by atoms with E-state index < -0.39 is 114 Å². The van der Waals surface area contributed by atoms with Gasteiger partial charge in [-0.1, -0.05) is 48.5 Å². The first kappa shape index (κ1) is 57.7. The van der Waals surface area contributed by atoms with Gasteiger partial charge in [-0.2, -0.15) is 0 Å². The Morgan fingerprint density at radius 3 is 2.03 bits per heavy atom. The Labute approximate surface area is 423 Å². The first-order valence-corrected chi connectivity index (χ1v) is 24.4. The van der Waals surface area contributed by atoms with Crippen molar-refractivity contribution in [2.24, 2.45) is 62.0 Å². The number of H-pyrrole nitrogens is 1. The zero-order chi connectivity index (χ0) is 53.5. The third-order valence-corrected chi connectivity index (χ3v) is 12.4. The highest BCUT2D eigenvalue weighted by molar-refractivity contribution is 5.99. The number of nitrogens with zero attached hydrogens (tertiary/aromatic N) is 2. The maximum absolute atomic E-state index is 14.7. The van der Waals surface area contributed by atoms with E-state index in [0.717, 1.165) is 16.5 Å². The Morgan fingerprint density at radius 2 is 1.34 bits per heavy atom. The summed E-state index contributed by atoms with van der Waals surface area (Å²) in [5, 5.41) is 14.0. The van der Waals surface area contributed by atoms with E-state index in [4.69, 9.17) is 40.1 Å². The molecular formula is C49H71N15O9. The van der Waals surface area contributed by atoms with Crippen LogP contribution in [0, 0.1) is 11.8 Å². The third kappa shape index (κ3) is 20.0. The standard InChI is InChI=1S/C49H71N15O9/c50-33(14-9-21-59-49(55)56)45(71)64-38-26-42(68)57-19-7-6-16-35(43(52)69)61-44(70)30(23-31-27-60-34-15-5-4-13-32(31)34)25-39(65)29(12-8-20-58-48(53)54)24-40(66)37(22-28-10-2-1-3-11-28)63-46(72)36(62-47(38)73)17-18-41(51)67/h1-5,10-11,13,15,27,29-30,33,35-38,60H,6-9,12,14,16-26,50H2,(H2,51,67)(H2,52,69)(H,57,68)(H,61,70)(H,62,73)(H,63,72)(H,64,71)(H4,53,54,58)(H4,55,56,59)/t29-,30-,33+,35+,36+,37-,38+/m1/s1. The first-order valence-electron chi connectivity index (χ1n) is 24.4. The highest BCUT2D eigenvalue weighted by Gasteiger charge is 2.35. The van der Waals surface area contributed by atoms with Crippen LogP contribution in [-0.4, -0.2) is 120 Å². The fourth-order valence-corrected chi connectivity index (χ4v) is 8.41. The summed E-state index contributed by atoms with van der Waals surface area (Å²) in [6, 6.07) is 9.27. The number of amides is 7. The zero-order valence-corrected chi connectivity index (χ0v) is 40.9. The van der Waals surface area contributed by atoms with Crippen molar-refractivity contribution in [2.45, 2.75) is 120 Å². The van der Waals surface area contributed by atoms with E-state index in [-0.39, 0.29) is 95.8 Å². The normalized spacial score (nSPS) is 21.6. The Bertz CT molecular complexity index is 2450. The lowest BCUT2D eigenvalue weighted by molar-refractivity contribution is -0.136. The lowest BCUT2D eigenvalue weighted by atomic mass is 9.83. The van der Waals surface area contributed by atoms with Crippen molar-refractivity contribution in [2.75, 3.05) is 19.6 Å². The number of para-hydroxylation sites is 1. The molecule has 3 aromatic rings. The molecule has 2 heterocycles. The van der Waals surface area contributed by atoms with E-state index in [1.54, 1.807) is 36.5 Å². The van der Waals surface area contributed by atoms with E-state index in [1.807, 2.05) is 24.3 Å². The minimum atomic E-state index is -1.61. The number of carbonyl (C=O) groups is 9. The summed E-state index contributed by atoms with van der Waals surface area (Å²) >= 11 is 0. The molecule has 0 saturated carbocycles. The molecule has 2 aromatic carbocycles. The van der Waals surface area contributed by atoms with Gasteiger partial charge in [0.15, 0.2) is 17.7 Å². The SMILES string of the molecule is NC(=O)CC[C@@H]1NC(=O)[C@@H](NC(=O)[C@@H](N)CCCN=C(N)N)CC(=O)NCCCC[C@@H](C(N)=O)NC(=O)[C@H](Cc2c[nH]c3ccccc23)CC(=O)[C@H](CCCN=C(N)N)CC(=O)[C@@H](Cc2ccccc2)NC1=O. The topological polar surface area (TPSA) is 436 Å². The minimum absolute atomic E-state index is 0.0353. The van der Waals surface area contributed by atoms with Crippen LogP contribution in [0.3, 0.4) is 0 Å². The number of benzene rings is 2. The van der Waals surface area contributed by atoms with Crippen LogP contribution in [0.1, 0.15) is 88.2 Å². The second-order valence-corrected chi connectivity index (χ2v) is 18.2. The van der Waals surface area contributed by atoms with Gasteiger partial charge in [0.1, 0.15) is 23.9 Å². The van der Waals surface area contributed by atoms with Crippen LogP contribution in [0.25, 0.3) is 10.9 Å². The van der Waals surface area contributed by atoms with Crippen molar-refractivity contribution in [3.63, 3.8) is 0 Å². The van der Waals surface area contributed by atoms with E-state index in [1.165, 1.54) is 0 Å². The molecule has 0 aliphatic carbocycles. The highest BCUT2D eigenvalue weighted by Crippen LogP contribution is 2.26. The minimum Gasteiger partial charge on any atom is -0.370 e. The first-order chi connectivity index (χ1) is 34.8. The summed E-state index contributed by atoms with van der Waals surface area (Å²) in [6.07, 6.45) is 0.902. The van der Waals surface area contributed by atoms with Gasteiger partial charge in [-0.05, 0) is 81.4 Å². The molecule has 1 aliphatic heterocycles. The number of guanidine groups is 2. The summed E-state index contributed by atoms with van der Waals surface area (Å²) in [4.78, 5) is 135. The van der Waals surface area contributed by atoms with E-state index in [9.17, 15) is 43.2 Å². The monoisotopic (exact) mass is 1010 g/mol. The number of primary amides is 2. The third-order valence-electron chi connectivity index (χ3n) is 12.4. The summed E-state index contributed by atoms with van der Waals surface area (Å²) in [7, 11) is 0. The number of hydrogen-bond donors (Lipinski definition) is 13. The predicted molar refractivity (Wildman–Crippen MR) is 273 cm³/mol. The molecule has 20 N–H and O–H groups in total. The molecule has 4 rings (SSSR count). The van der Waals surface area contributed by atoms with Crippen LogP contribution in [0.5, 0.6) is 0 Å². The highest BCUT2D eigenvalue weighted by atomic mass is 16.2. The zero-order valence-electron chi connectivity index (χ0n) is 40.9. The number of rotatable bonds is 18. The maximum atomic E-state index is 14.7. The predicted octanol–water partition coefficient (Wildman–Crippen LogP) is -2.08. The molecule has 24 nitrogen and oxygen atoms in total. The van der Waals surface area contributed by atoms with E-state index >= 15 is 0 Å². The number of aromatic amines is 1.